The standard InChI is InChI=1S/C15H10ClF3N2O6S/c1-28(25,26)20-14(22)10-6-7-11(16)13(12(10)21(23)24)27-9-4-2-8(3-5-9)15(17,18)19/h2-7H,1H3,(H,20,22). The molecular weight excluding hydrogens is 429 g/mol. The second-order valence-electron chi connectivity index (χ2n) is 5.36. The summed E-state index contributed by atoms with van der Waals surface area (Å²) < 4.78 is 67.0. The van der Waals surface area contributed by atoms with Crippen LogP contribution in [0.1, 0.15) is 15.9 Å². The van der Waals surface area contributed by atoms with Crippen LogP contribution in [0.4, 0.5) is 18.9 Å². The van der Waals surface area contributed by atoms with Gasteiger partial charge in [-0.2, -0.15) is 13.2 Å². The number of nitrogens with one attached hydrogen (secondary N) is 1. The van der Waals surface area contributed by atoms with Crippen LogP contribution in [0.25, 0.3) is 0 Å². The number of sulfonamides is 1. The lowest BCUT2D eigenvalue weighted by Gasteiger charge is -2.12. The SMILES string of the molecule is CS(=O)(=O)NC(=O)c1ccc(Cl)c(Oc2ccc(C(F)(F)F)cc2)c1[N+](=O)[O-]. The van der Waals surface area contributed by atoms with Crippen LogP contribution in [0.15, 0.2) is 36.4 Å². The Kier molecular flexibility index (Phi) is 5.85. The first-order chi connectivity index (χ1) is 12.8. The summed E-state index contributed by atoms with van der Waals surface area (Å²) in [5.74, 6) is -2.16. The number of amides is 1. The molecule has 1 amide bonds. The predicted octanol–water partition coefficient (Wildman–Crippen LogP) is 3.75. The summed E-state index contributed by atoms with van der Waals surface area (Å²) in [5.41, 5.74) is -2.59. The van der Waals surface area contributed by atoms with Gasteiger partial charge in [0, 0.05) is 0 Å². The second kappa shape index (κ2) is 7.64. The first kappa shape index (κ1) is 21.4. The zero-order valence-electron chi connectivity index (χ0n) is 13.8. The highest BCUT2D eigenvalue weighted by Crippen LogP contribution is 2.41. The van der Waals surface area contributed by atoms with Gasteiger partial charge in [-0.1, -0.05) is 11.6 Å². The quantitative estimate of drug-likeness (QED) is 0.561. The van der Waals surface area contributed by atoms with Crippen LogP contribution in [0.5, 0.6) is 11.5 Å². The molecule has 0 saturated carbocycles. The molecule has 0 aromatic heterocycles. The molecule has 0 radical (unpaired) electrons. The summed E-state index contributed by atoms with van der Waals surface area (Å²) in [6.45, 7) is 0. The van der Waals surface area contributed by atoms with Gasteiger partial charge >= 0.3 is 11.9 Å². The minimum absolute atomic E-state index is 0.223. The van der Waals surface area contributed by atoms with Gasteiger partial charge in [-0.05, 0) is 36.4 Å². The molecule has 2 aromatic carbocycles. The number of rotatable bonds is 5. The van der Waals surface area contributed by atoms with Crippen molar-refractivity contribution in [3.05, 3.63) is 62.7 Å². The predicted molar refractivity (Wildman–Crippen MR) is 91.9 cm³/mol. The van der Waals surface area contributed by atoms with Gasteiger partial charge in [0.1, 0.15) is 11.3 Å². The molecule has 0 aliphatic rings. The highest BCUT2D eigenvalue weighted by Gasteiger charge is 2.32. The number of hydrogen-bond donors (Lipinski definition) is 1. The fourth-order valence-electron chi connectivity index (χ4n) is 2.06. The van der Waals surface area contributed by atoms with Crippen LogP contribution in [0.2, 0.25) is 5.02 Å². The molecule has 2 aromatic rings. The van der Waals surface area contributed by atoms with Crippen molar-refractivity contribution in [1.82, 2.24) is 4.72 Å². The number of carbonyl (C=O) groups is 1. The third-order valence-electron chi connectivity index (χ3n) is 3.19. The summed E-state index contributed by atoms with van der Waals surface area (Å²) in [6, 6.07) is 5.16. The van der Waals surface area contributed by atoms with E-state index >= 15 is 0 Å². The van der Waals surface area contributed by atoms with E-state index in [9.17, 15) is 36.5 Å². The van der Waals surface area contributed by atoms with Crippen LogP contribution in [-0.2, 0) is 16.2 Å². The number of nitro benzene ring substituents is 1. The Bertz CT molecular complexity index is 1040. The van der Waals surface area contributed by atoms with Crippen molar-refractivity contribution < 1.29 is 36.0 Å². The summed E-state index contributed by atoms with van der Waals surface area (Å²) in [6.07, 6.45) is -3.92. The van der Waals surface area contributed by atoms with Crippen LogP contribution in [-0.4, -0.2) is 25.5 Å². The molecule has 0 fully saturated rings. The monoisotopic (exact) mass is 438 g/mol. The van der Waals surface area contributed by atoms with Crippen molar-refractivity contribution in [1.29, 1.82) is 0 Å². The lowest BCUT2D eigenvalue weighted by molar-refractivity contribution is -0.385. The number of nitrogens with zero attached hydrogens (tertiary/aromatic N) is 1. The molecule has 28 heavy (non-hydrogen) atoms. The molecule has 0 spiro atoms. The van der Waals surface area contributed by atoms with Gasteiger partial charge in [0.2, 0.25) is 15.8 Å². The Balaban J connectivity index is 2.50. The van der Waals surface area contributed by atoms with Gasteiger partial charge in [0.05, 0.1) is 21.8 Å². The maximum atomic E-state index is 12.6. The average Bonchev–Trinajstić information content (AvgIpc) is 2.54. The van der Waals surface area contributed by atoms with Crippen molar-refractivity contribution in [2.45, 2.75) is 6.18 Å². The van der Waals surface area contributed by atoms with Gasteiger partial charge < -0.3 is 4.74 Å². The first-order valence-electron chi connectivity index (χ1n) is 7.13. The van der Waals surface area contributed by atoms with E-state index in [0.29, 0.717) is 18.4 Å². The Hall–Kier alpha value is -2.86. The molecule has 0 unspecified atom stereocenters. The number of halogens is 4. The molecule has 1 N–H and O–H groups in total. The fraction of sp³-hybridized carbons (Fsp3) is 0.133. The summed E-state index contributed by atoms with van der Waals surface area (Å²) in [7, 11) is -4.02. The number of alkyl halides is 3. The minimum atomic E-state index is -4.59. The largest absolute Gasteiger partial charge is 0.448 e. The zero-order chi connectivity index (χ0) is 21.3. The third-order valence-corrected chi connectivity index (χ3v) is 4.04. The lowest BCUT2D eigenvalue weighted by Crippen LogP contribution is -2.29. The van der Waals surface area contributed by atoms with Gasteiger partial charge in [0.15, 0.2) is 0 Å². The van der Waals surface area contributed by atoms with E-state index < -0.39 is 49.6 Å². The molecule has 0 bridgehead atoms. The molecule has 0 atom stereocenters. The number of nitro groups is 1. The fourth-order valence-corrected chi connectivity index (χ4v) is 2.70. The Labute approximate surface area is 161 Å². The smallest absolute Gasteiger partial charge is 0.416 e. The lowest BCUT2D eigenvalue weighted by atomic mass is 10.1. The van der Waals surface area contributed by atoms with Crippen LogP contribution in [0.3, 0.4) is 0 Å². The minimum Gasteiger partial charge on any atom is -0.448 e. The first-order valence-corrected chi connectivity index (χ1v) is 9.40. The number of ether oxygens (including phenoxy) is 1. The Morgan fingerprint density at radius 1 is 1.18 bits per heavy atom. The van der Waals surface area contributed by atoms with Gasteiger partial charge in [0.25, 0.3) is 5.91 Å². The van der Waals surface area contributed by atoms with E-state index in [2.05, 4.69) is 0 Å². The maximum absolute atomic E-state index is 12.6. The zero-order valence-corrected chi connectivity index (χ0v) is 15.4. The van der Waals surface area contributed by atoms with Crippen LogP contribution in [0, 0.1) is 10.1 Å². The second-order valence-corrected chi connectivity index (χ2v) is 7.51. The molecular formula is C15H10ClF3N2O6S. The van der Waals surface area contributed by atoms with E-state index in [1.807, 2.05) is 0 Å². The summed E-state index contributed by atoms with van der Waals surface area (Å²) in [4.78, 5) is 22.4. The summed E-state index contributed by atoms with van der Waals surface area (Å²) in [5, 5.41) is 11.1. The van der Waals surface area contributed by atoms with Crippen LogP contribution < -0.4 is 9.46 Å². The third kappa shape index (κ3) is 5.10. The molecule has 13 heteroatoms. The molecule has 0 aliphatic carbocycles. The van der Waals surface area contributed by atoms with Gasteiger partial charge in [-0.15, -0.1) is 0 Å². The van der Waals surface area contributed by atoms with Crippen molar-refractivity contribution in [2.75, 3.05) is 6.26 Å². The summed E-state index contributed by atoms with van der Waals surface area (Å²) >= 11 is 5.88. The Morgan fingerprint density at radius 3 is 2.21 bits per heavy atom. The van der Waals surface area contributed by atoms with E-state index in [1.165, 1.54) is 0 Å². The molecule has 0 aliphatic heterocycles. The van der Waals surface area contributed by atoms with Gasteiger partial charge in [-0.3, -0.25) is 14.9 Å². The molecule has 2 rings (SSSR count). The topological polar surface area (TPSA) is 116 Å². The molecule has 0 heterocycles. The van der Waals surface area contributed by atoms with Crippen molar-refractivity contribution in [3.63, 3.8) is 0 Å². The van der Waals surface area contributed by atoms with Crippen molar-refractivity contribution >= 4 is 33.2 Å². The number of carbonyl (C=O) groups excluding carboxylic acids is 1. The van der Waals surface area contributed by atoms with Crippen molar-refractivity contribution in [2.24, 2.45) is 0 Å². The molecule has 8 nitrogen and oxygen atoms in total. The average molecular weight is 439 g/mol. The van der Waals surface area contributed by atoms with E-state index in [0.717, 1.165) is 24.3 Å². The van der Waals surface area contributed by atoms with E-state index in [1.54, 1.807) is 4.72 Å². The molecule has 150 valence electrons. The molecule has 0 saturated heterocycles. The maximum Gasteiger partial charge on any atom is 0.416 e. The van der Waals surface area contributed by atoms with E-state index in [-0.39, 0.29) is 10.8 Å². The number of hydrogen-bond acceptors (Lipinski definition) is 6. The van der Waals surface area contributed by atoms with Crippen LogP contribution >= 0.6 is 11.6 Å². The number of benzene rings is 2. The van der Waals surface area contributed by atoms with Gasteiger partial charge in [-0.25, -0.2) is 13.1 Å². The highest BCUT2D eigenvalue weighted by molar-refractivity contribution is 7.89. The van der Waals surface area contributed by atoms with Crippen molar-refractivity contribution in [3.8, 4) is 11.5 Å². The van der Waals surface area contributed by atoms with E-state index in [4.69, 9.17) is 16.3 Å². The highest BCUT2D eigenvalue weighted by atomic mass is 35.5. The Morgan fingerprint density at radius 2 is 1.75 bits per heavy atom. The normalized spacial score (nSPS) is 11.8.